The smallest absolute Gasteiger partial charge is 0.248 e. The maximum Gasteiger partial charge on any atom is 0.248 e. The zero-order valence-corrected chi connectivity index (χ0v) is 13.5. The van der Waals surface area contributed by atoms with Gasteiger partial charge in [0.05, 0.1) is 18.2 Å². The molecule has 2 heterocycles. The fraction of sp³-hybridized carbons (Fsp3) is 0.588. The van der Waals surface area contributed by atoms with E-state index in [1.54, 1.807) is 11.1 Å². The van der Waals surface area contributed by atoms with Crippen molar-refractivity contribution in [1.82, 2.24) is 15.2 Å². The van der Waals surface area contributed by atoms with Gasteiger partial charge in [-0.3, -0.25) is 14.6 Å². The Hall–Kier alpha value is -1.95. The lowest BCUT2D eigenvalue weighted by molar-refractivity contribution is -0.134. The minimum atomic E-state index is -0.124. The molecule has 6 nitrogen and oxygen atoms in total. The third kappa shape index (κ3) is 3.22. The molecule has 124 valence electrons. The molecule has 6 heteroatoms. The van der Waals surface area contributed by atoms with Crippen molar-refractivity contribution in [3.05, 3.63) is 30.1 Å². The van der Waals surface area contributed by atoms with Crippen molar-refractivity contribution in [1.29, 1.82) is 0 Å². The Morgan fingerprint density at radius 3 is 2.87 bits per heavy atom. The van der Waals surface area contributed by atoms with Crippen LogP contribution in [0.3, 0.4) is 0 Å². The van der Waals surface area contributed by atoms with E-state index in [1.807, 2.05) is 18.2 Å². The topological polar surface area (TPSA) is 71.5 Å². The summed E-state index contributed by atoms with van der Waals surface area (Å²) in [6, 6.07) is 5.65. The van der Waals surface area contributed by atoms with E-state index in [0.717, 1.165) is 25.0 Å². The molecule has 1 saturated heterocycles. The highest BCUT2D eigenvalue weighted by atomic mass is 16.5. The SMILES string of the molecule is COCC(=O)N1CC(C(=O)NCc2ccccn2)C2(CCC2)C1. The van der Waals surface area contributed by atoms with Gasteiger partial charge < -0.3 is 15.0 Å². The van der Waals surface area contributed by atoms with Crippen molar-refractivity contribution < 1.29 is 14.3 Å². The van der Waals surface area contributed by atoms with Crippen LogP contribution in [0, 0.1) is 11.3 Å². The van der Waals surface area contributed by atoms with Gasteiger partial charge in [0.15, 0.2) is 0 Å². The number of nitrogens with zero attached hydrogens (tertiary/aromatic N) is 2. The summed E-state index contributed by atoms with van der Waals surface area (Å²) in [6.45, 7) is 1.68. The molecule has 1 saturated carbocycles. The van der Waals surface area contributed by atoms with E-state index in [4.69, 9.17) is 4.74 Å². The van der Waals surface area contributed by atoms with Crippen molar-refractivity contribution in [3.63, 3.8) is 0 Å². The molecule has 0 aromatic carbocycles. The summed E-state index contributed by atoms with van der Waals surface area (Å²) >= 11 is 0. The van der Waals surface area contributed by atoms with Crippen LogP contribution in [-0.4, -0.2) is 48.5 Å². The van der Waals surface area contributed by atoms with Crippen LogP contribution in [0.25, 0.3) is 0 Å². The van der Waals surface area contributed by atoms with Crippen LogP contribution in [0.2, 0.25) is 0 Å². The number of amides is 2. The van der Waals surface area contributed by atoms with Gasteiger partial charge in [-0.1, -0.05) is 12.5 Å². The Kier molecular flexibility index (Phi) is 4.61. The maximum atomic E-state index is 12.6. The molecule has 1 aromatic heterocycles. The van der Waals surface area contributed by atoms with Crippen LogP contribution in [0.5, 0.6) is 0 Å². The van der Waals surface area contributed by atoms with Gasteiger partial charge in [-0.05, 0) is 25.0 Å². The summed E-state index contributed by atoms with van der Waals surface area (Å²) in [5, 5.41) is 2.99. The first-order chi connectivity index (χ1) is 11.1. The van der Waals surface area contributed by atoms with Crippen molar-refractivity contribution in [2.24, 2.45) is 11.3 Å². The van der Waals surface area contributed by atoms with E-state index < -0.39 is 0 Å². The molecule has 1 atom stereocenters. The Morgan fingerprint density at radius 2 is 2.26 bits per heavy atom. The average molecular weight is 317 g/mol. The lowest BCUT2D eigenvalue weighted by Gasteiger charge is -2.41. The molecule has 1 unspecified atom stereocenters. The molecule has 1 N–H and O–H groups in total. The standard InChI is InChI=1S/C17H23N3O3/c1-23-11-15(21)20-10-14(17(12-20)6-4-7-17)16(22)19-9-13-5-2-3-8-18-13/h2-3,5,8,14H,4,6-7,9-12H2,1H3,(H,19,22). The first kappa shape index (κ1) is 15.9. The second kappa shape index (κ2) is 6.66. The molecule has 2 fully saturated rings. The Labute approximate surface area is 136 Å². The van der Waals surface area contributed by atoms with Crippen molar-refractivity contribution in [3.8, 4) is 0 Å². The summed E-state index contributed by atoms with van der Waals surface area (Å²) in [7, 11) is 1.52. The summed E-state index contributed by atoms with van der Waals surface area (Å²) in [5.74, 6) is -0.123. The lowest BCUT2D eigenvalue weighted by Crippen LogP contribution is -2.45. The molecule has 23 heavy (non-hydrogen) atoms. The number of likely N-dealkylation sites (tertiary alicyclic amines) is 1. The van der Waals surface area contributed by atoms with E-state index in [9.17, 15) is 9.59 Å². The fourth-order valence-electron chi connectivity index (χ4n) is 3.68. The molecule has 1 spiro atoms. The number of ether oxygens (including phenoxy) is 1. The van der Waals surface area contributed by atoms with Crippen molar-refractivity contribution in [2.75, 3.05) is 26.8 Å². The normalized spacial score (nSPS) is 22.0. The van der Waals surface area contributed by atoms with Gasteiger partial charge in [0.25, 0.3) is 0 Å². The number of aromatic nitrogens is 1. The van der Waals surface area contributed by atoms with E-state index in [2.05, 4.69) is 10.3 Å². The van der Waals surface area contributed by atoms with Gasteiger partial charge in [-0.2, -0.15) is 0 Å². The predicted octanol–water partition coefficient (Wildman–Crippen LogP) is 0.973. The Bertz CT molecular complexity index is 572. The second-order valence-corrected chi connectivity index (χ2v) is 6.51. The first-order valence-corrected chi connectivity index (χ1v) is 8.09. The van der Waals surface area contributed by atoms with Crippen molar-refractivity contribution >= 4 is 11.8 Å². The highest BCUT2D eigenvalue weighted by molar-refractivity contribution is 5.83. The van der Waals surface area contributed by atoms with Crippen LogP contribution in [0.15, 0.2) is 24.4 Å². The van der Waals surface area contributed by atoms with Crippen LogP contribution in [-0.2, 0) is 20.9 Å². The highest BCUT2D eigenvalue weighted by Crippen LogP contribution is 2.51. The minimum Gasteiger partial charge on any atom is -0.375 e. The van der Waals surface area contributed by atoms with Gasteiger partial charge in [0.1, 0.15) is 6.61 Å². The quantitative estimate of drug-likeness (QED) is 0.878. The number of carbonyl (C=O) groups is 2. The van der Waals surface area contributed by atoms with Crippen LogP contribution < -0.4 is 5.32 Å². The van der Waals surface area contributed by atoms with E-state index >= 15 is 0 Å². The number of nitrogens with one attached hydrogen (secondary N) is 1. The Morgan fingerprint density at radius 1 is 1.43 bits per heavy atom. The van der Waals surface area contributed by atoms with Gasteiger partial charge >= 0.3 is 0 Å². The third-order valence-corrected chi connectivity index (χ3v) is 5.10. The van der Waals surface area contributed by atoms with Crippen LogP contribution in [0.4, 0.5) is 0 Å². The largest absolute Gasteiger partial charge is 0.375 e. The summed E-state index contributed by atoms with van der Waals surface area (Å²) in [6.07, 6.45) is 4.89. The summed E-state index contributed by atoms with van der Waals surface area (Å²) < 4.78 is 4.94. The fourth-order valence-corrected chi connectivity index (χ4v) is 3.68. The monoisotopic (exact) mass is 317 g/mol. The maximum absolute atomic E-state index is 12.6. The minimum absolute atomic E-state index is 0.0289. The van der Waals surface area contributed by atoms with Gasteiger partial charge in [0.2, 0.25) is 11.8 Å². The number of rotatable bonds is 5. The zero-order valence-electron chi connectivity index (χ0n) is 13.5. The van der Waals surface area contributed by atoms with Gasteiger partial charge in [-0.25, -0.2) is 0 Å². The van der Waals surface area contributed by atoms with E-state index in [-0.39, 0.29) is 29.8 Å². The molecule has 1 aliphatic carbocycles. The molecule has 3 rings (SSSR count). The van der Waals surface area contributed by atoms with E-state index in [1.165, 1.54) is 7.11 Å². The number of pyridine rings is 1. The zero-order chi connectivity index (χ0) is 16.3. The second-order valence-electron chi connectivity index (χ2n) is 6.51. The van der Waals surface area contributed by atoms with E-state index in [0.29, 0.717) is 19.6 Å². The Balaban J connectivity index is 1.63. The molecule has 0 radical (unpaired) electrons. The number of hydrogen-bond donors (Lipinski definition) is 1. The van der Waals surface area contributed by atoms with Crippen molar-refractivity contribution in [2.45, 2.75) is 25.8 Å². The molecule has 2 aliphatic rings. The molecule has 0 bridgehead atoms. The molecule has 2 amide bonds. The lowest BCUT2D eigenvalue weighted by atomic mass is 9.62. The van der Waals surface area contributed by atoms with Crippen LogP contribution >= 0.6 is 0 Å². The molecular formula is C17H23N3O3. The third-order valence-electron chi connectivity index (χ3n) is 5.10. The number of hydrogen-bond acceptors (Lipinski definition) is 4. The van der Waals surface area contributed by atoms with Gasteiger partial charge in [-0.15, -0.1) is 0 Å². The number of methoxy groups -OCH3 is 1. The average Bonchev–Trinajstić information content (AvgIpc) is 2.95. The number of carbonyl (C=O) groups excluding carboxylic acids is 2. The molecule has 1 aromatic rings. The first-order valence-electron chi connectivity index (χ1n) is 8.09. The van der Waals surface area contributed by atoms with Crippen LogP contribution in [0.1, 0.15) is 25.0 Å². The van der Waals surface area contributed by atoms with Gasteiger partial charge in [0, 0.05) is 31.8 Å². The highest BCUT2D eigenvalue weighted by Gasteiger charge is 2.54. The predicted molar refractivity (Wildman–Crippen MR) is 84.3 cm³/mol. The summed E-state index contributed by atoms with van der Waals surface area (Å²) in [4.78, 5) is 30.7. The summed E-state index contributed by atoms with van der Waals surface area (Å²) in [5.41, 5.74) is 0.811. The molecular weight excluding hydrogens is 294 g/mol. The molecule has 1 aliphatic heterocycles.